The molecule has 0 aliphatic carbocycles. The Bertz CT molecular complexity index is 530. The fraction of sp³-hybridized carbons (Fsp3) is 0.667. The first-order valence-corrected chi connectivity index (χ1v) is 11.2. The van der Waals surface area contributed by atoms with E-state index in [0.29, 0.717) is 12.1 Å². The molecule has 158 valence electrons. The number of benzene rings is 1. The van der Waals surface area contributed by atoms with E-state index >= 15 is 0 Å². The van der Waals surface area contributed by atoms with Gasteiger partial charge in [-0.2, -0.15) is 0 Å². The number of carboxylic acids is 1. The molecule has 0 radical (unpaired) electrons. The summed E-state index contributed by atoms with van der Waals surface area (Å²) in [5, 5.41) is 9.08. The lowest BCUT2D eigenvalue weighted by molar-refractivity contribution is -0.136. The van der Waals surface area contributed by atoms with Gasteiger partial charge in [0.25, 0.3) is 0 Å². The van der Waals surface area contributed by atoms with Gasteiger partial charge in [0.2, 0.25) is 5.91 Å². The van der Waals surface area contributed by atoms with Crippen LogP contribution in [-0.4, -0.2) is 23.5 Å². The highest BCUT2D eigenvalue weighted by molar-refractivity contribution is 5.97. The smallest absolute Gasteiger partial charge is 0.323 e. The van der Waals surface area contributed by atoms with Gasteiger partial charge in [-0.15, -0.1) is 0 Å². The third-order valence-electron chi connectivity index (χ3n) is 5.16. The topological polar surface area (TPSA) is 57.6 Å². The maximum atomic E-state index is 12.4. The van der Waals surface area contributed by atoms with Gasteiger partial charge in [-0.3, -0.25) is 9.59 Å². The zero-order chi connectivity index (χ0) is 20.5. The van der Waals surface area contributed by atoms with Crippen LogP contribution in [0.3, 0.4) is 0 Å². The SMILES string of the molecule is CCCCCCCCCCCCCCCC(=O)N(CC(=O)O)c1ccccc1. The van der Waals surface area contributed by atoms with Crippen molar-refractivity contribution in [1.29, 1.82) is 0 Å². The van der Waals surface area contributed by atoms with Crippen molar-refractivity contribution in [3.05, 3.63) is 30.3 Å². The van der Waals surface area contributed by atoms with E-state index in [4.69, 9.17) is 5.11 Å². The summed E-state index contributed by atoms with van der Waals surface area (Å²) in [5.41, 5.74) is 0.657. The first kappa shape index (κ1) is 24.2. The lowest BCUT2D eigenvalue weighted by Crippen LogP contribution is -2.35. The van der Waals surface area contributed by atoms with Gasteiger partial charge in [0.05, 0.1) is 0 Å². The first-order valence-electron chi connectivity index (χ1n) is 11.2. The summed E-state index contributed by atoms with van der Waals surface area (Å²) in [6.45, 7) is 1.98. The maximum Gasteiger partial charge on any atom is 0.323 e. The summed E-state index contributed by atoms with van der Waals surface area (Å²) < 4.78 is 0. The van der Waals surface area contributed by atoms with E-state index in [1.165, 1.54) is 69.1 Å². The van der Waals surface area contributed by atoms with Crippen molar-refractivity contribution >= 4 is 17.6 Å². The van der Waals surface area contributed by atoms with E-state index in [1.54, 1.807) is 12.1 Å². The zero-order valence-electron chi connectivity index (χ0n) is 17.7. The Labute approximate surface area is 171 Å². The Kier molecular flexibility index (Phi) is 14.0. The van der Waals surface area contributed by atoms with Crippen LogP contribution in [0.25, 0.3) is 0 Å². The molecule has 1 aromatic carbocycles. The largest absolute Gasteiger partial charge is 0.480 e. The van der Waals surface area contributed by atoms with Crippen LogP contribution in [-0.2, 0) is 9.59 Å². The van der Waals surface area contributed by atoms with Crippen molar-refractivity contribution in [2.24, 2.45) is 0 Å². The number of nitrogens with zero attached hydrogens (tertiary/aromatic N) is 1. The van der Waals surface area contributed by atoms with Crippen molar-refractivity contribution in [3.63, 3.8) is 0 Å². The Morgan fingerprint density at radius 3 is 1.68 bits per heavy atom. The average Bonchev–Trinajstić information content (AvgIpc) is 2.70. The minimum absolute atomic E-state index is 0.100. The Morgan fingerprint density at radius 1 is 0.750 bits per heavy atom. The first-order chi connectivity index (χ1) is 13.6. The Morgan fingerprint density at radius 2 is 1.21 bits per heavy atom. The molecule has 0 aromatic heterocycles. The number of carboxylic acid groups (broad SMARTS) is 1. The molecule has 1 N–H and O–H groups in total. The summed E-state index contributed by atoms with van der Waals surface area (Å²) in [5.74, 6) is -1.08. The molecule has 0 saturated heterocycles. The predicted molar refractivity (Wildman–Crippen MR) is 117 cm³/mol. The Balaban J connectivity index is 2.08. The number of para-hydroxylation sites is 1. The number of amides is 1. The maximum absolute atomic E-state index is 12.4. The van der Waals surface area contributed by atoms with Gasteiger partial charge in [0, 0.05) is 12.1 Å². The highest BCUT2D eigenvalue weighted by Gasteiger charge is 2.17. The summed E-state index contributed by atoms with van der Waals surface area (Å²) in [7, 11) is 0. The molecule has 0 saturated carbocycles. The number of carbonyl (C=O) groups excluding carboxylic acids is 1. The third-order valence-corrected chi connectivity index (χ3v) is 5.16. The van der Waals surface area contributed by atoms with Crippen LogP contribution >= 0.6 is 0 Å². The minimum atomic E-state index is -0.984. The molecular weight excluding hydrogens is 350 g/mol. The molecule has 1 amide bonds. The van der Waals surface area contributed by atoms with Crippen molar-refractivity contribution in [2.75, 3.05) is 11.4 Å². The second-order valence-electron chi connectivity index (χ2n) is 7.70. The van der Waals surface area contributed by atoms with Crippen molar-refractivity contribution in [2.45, 2.75) is 96.8 Å². The fourth-order valence-electron chi connectivity index (χ4n) is 3.50. The second kappa shape index (κ2) is 16.1. The van der Waals surface area contributed by atoms with Gasteiger partial charge in [0.1, 0.15) is 6.54 Å². The molecule has 0 aliphatic rings. The molecule has 28 heavy (non-hydrogen) atoms. The van der Waals surface area contributed by atoms with Crippen LogP contribution in [0, 0.1) is 0 Å². The second-order valence-corrected chi connectivity index (χ2v) is 7.70. The average molecular weight is 390 g/mol. The lowest BCUT2D eigenvalue weighted by Gasteiger charge is -2.20. The van der Waals surface area contributed by atoms with Crippen molar-refractivity contribution < 1.29 is 14.7 Å². The molecule has 1 aromatic rings. The monoisotopic (exact) mass is 389 g/mol. The minimum Gasteiger partial charge on any atom is -0.480 e. The number of rotatable bonds is 17. The van der Waals surface area contributed by atoms with E-state index in [1.807, 2.05) is 18.2 Å². The molecule has 4 nitrogen and oxygen atoms in total. The van der Waals surface area contributed by atoms with Gasteiger partial charge in [-0.05, 0) is 18.6 Å². The molecule has 0 spiro atoms. The van der Waals surface area contributed by atoms with Crippen molar-refractivity contribution in [1.82, 2.24) is 0 Å². The number of unbranched alkanes of at least 4 members (excludes halogenated alkanes) is 12. The molecule has 4 heteroatoms. The molecule has 0 atom stereocenters. The highest BCUT2D eigenvalue weighted by atomic mass is 16.4. The van der Waals surface area contributed by atoms with Gasteiger partial charge < -0.3 is 10.0 Å². The summed E-state index contributed by atoms with van der Waals surface area (Å²) >= 11 is 0. The molecule has 0 aliphatic heterocycles. The molecule has 0 heterocycles. The van der Waals surface area contributed by atoms with Gasteiger partial charge in [-0.1, -0.05) is 102 Å². The predicted octanol–water partition coefficient (Wildman–Crippen LogP) is 6.59. The summed E-state index contributed by atoms with van der Waals surface area (Å²) in [4.78, 5) is 24.9. The standard InChI is InChI=1S/C24H39NO3/c1-2-3-4-5-6-7-8-9-10-11-12-13-17-20-23(26)25(21-24(27)28)22-18-15-14-16-19-22/h14-16,18-19H,2-13,17,20-21H2,1H3,(H,27,28). The quantitative estimate of drug-likeness (QED) is 0.306. The Hall–Kier alpha value is -1.84. The fourth-order valence-corrected chi connectivity index (χ4v) is 3.50. The van der Waals surface area contributed by atoms with E-state index in [2.05, 4.69) is 6.92 Å². The van der Waals surface area contributed by atoms with E-state index in [-0.39, 0.29) is 12.5 Å². The number of aliphatic carboxylic acids is 1. The molecule has 0 fully saturated rings. The van der Waals surface area contributed by atoms with E-state index in [9.17, 15) is 9.59 Å². The van der Waals surface area contributed by atoms with Crippen LogP contribution in [0.15, 0.2) is 30.3 Å². The van der Waals surface area contributed by atoms with Crippen LogP contribution < -0.4 is 4.90 Å². The van der Waals surface area contributed by atoms with Gasteiger partial charge in [-0.25, -0.2) is 0 Å². The van der Waals surface area contributed by atoms with Crippen LogP contribution in [0.4, 0.5) is 5.69 Å². The number of anilines is 1. The number of hydrogen-bond donors (Lipinski definition) is 1. The molecule has 0 bridgehead atoms. The van der Waals surface area contributed by atoms with Crippen LogP contribution in [0.1, 0.15) is 96.8 Å². The summed E-state index contributed by atoms with van der Waals surface area (Å²) in [6, 6.07) is 9.07. The zero-order valence-corrected chi connectivity index (χ0v) is 17.7. The third kappa shape index (κ3) is 11.8. The molecular formula is C24H39NO3. The van der Waals surface area contributed by atoms with Gasteiger partial charge in [0.15, 0.2) is 0 Å². The van der Waals surface area contributed by atoms with E-state index < -0.39 is 5.97 Å². The molecule has 1 rings (SSSR count). The molecule has 0 unspecified atom stereocenters. The lowest BCUT2D eigenvalue weighted by atomic mass is 10.0. The van der Waals surface area contributed by atoms with Crippen molar-refractivity contribution in [3.8, 4) is 0 Å². The number of hydrogen-bond acceptors (Lipinski definition) is 2. The normalized spacial score (nSPS) is 10.8. The number of carbonyl (C=O) groups is 2. The highest BCUT2D eigenvalue weighted by Crippen LogP contribution is 2.17. The van der Waals surface area contributed by atoms with Crippen LogP contribution in [0.2, 0.25) is 0 Å². The summed E-state index contributed by atoms with van der Waals surface area (Å²) in [6.07, 6.45) is 16.9. The van der Waals surface area contributed by atoms with Gasteiger partial charge >= 0.3 is 5.97 Å². The van der Waals surface area contributed by atoms with Crippen LogP contribution in [0.5, 0.6) is 0 Å². The van der Waals surface area contributed by atoms with E-state index in [0.717, 1.165) is 19.3 Å².